The van der Waals surface area contributed by atoms with Crippen molar-refractivity contribution >= 4 is 11.2 Å². The van der Waals surface area contributed by atoms with Gasteiger partial charge in [-0.1, -0.05) is 18.2 Å². The van der Waals surface area contributed by atoms with Crippen molar-refractivity contribution in [3.05, 3.63) is 78.5 Å². The first-order chi connectivity index (χ1) is 11.3. The van der Waals surface area contributed by atoms with Crippen molar-refractivity contribution in [2.75, 3.05) is 0 Å². The highest BCUT2D eigenvalue weighted by Crippen LogP contribution is 2.24. The van der Waals surface area contributed by atoms with Gasteiger partial charge in [0.05, 0.1) is 11.9 Å². The number of hydrogen-bond donors (Lipinski definition) is 1. The summed E-state index contributed by atoms with van der Waals surface area (Å²) in [5.74, 6) is 1.08. The Kier molecular flexibility index (Phi) is 3.24. The number of nitrogens with zero attached hydrogens (tertiary/aromatic N) is 4. The van der Waals surface area contributed by atoms with E-state index in [1.807, 2.05) is 47.0 Å². The molecule has 112 valence electrons. The molecule has 0 aliphatic rings. The summed E-state index contributed by atoms with van der Waals surface area (Å²) in [6.45, 7) is 0. The molecule has 0 fully saturated rings. The van der Waals surface area contributed by atoms with Crippen molar-refractivity contribution in [2.24, 2.45) is 0 Å². The van der Waals surface area contributed by atoms with Crippen LogP contribution in [0.5, 0.6) is 5.75 Å². The number of hydrogen-bond acceptors (Lipinski definition) is 4. The summed E-state index contributed by atoms with van der Waals surface area (Å²) in [4.78, 5) is 13.3. The predicted molar refractivity (Wildman–Crippen MR) is 87.6 cm³/mol. The molecule has 1 aromatic carbocycles. The highest BCUT2D eigenvalue weighted by molar-refractivity contribution is 5.73. The number of para-hydroxylation sites is 1. The second-order valence-corrected chi connectivity index (χ2v) is 5.23. The summed E-state index contributed by atoms with van der Waals surface area (Å²) in [6.07, 6.45) is 5.78. The number of phenolic OH excluding ortho intramolecular Hbond substituents is 1. The Balaban J connectivity index is 1.91. The van der Waals surface area contributed by atoms with E-state index in [-0.39, 0.29) is 5.75 Å². The van der Waals surface area contributed by atoms with Gasteiger partial charge in [-0.25, -0.2) is 9.97 Å². The zero-order valence-electron chi connectivity index (χ0n) is 12.3. The van der Waals surface area contributed by atoms with E-state index in [9.17, 15) is 5.11 Å². The van der Waals surface area contributed by atoms with Gasteiger partial charge in [0.15, 0.2) is 5.65 Å². The van der Waals surface area contributed by atoms with Crippen molar-refractivity contribution in [2.45, 2.75) is 6.42 Å². The topological polar surface area (TPSA) is 63.8 Å². The van der Waals surface area contributed by atoms with E-state index in [2.05, 4.69) is 15.0 Å². The number of fused-ring (bicyclic) bond motifs is 1. The minimum absolute atomic E-state index is 0.269. The Bertz CT molecular complexity index is 963. The number of rotatable bonds is 3. The maximum Gasteiger partial charge on any atom is 0.164 e. The molecule has 0 aliphatic heterocycles. The number of phenols is 1. The number of aromatic hydroxyl groups is 1. The molecule has 0 bridgehead atoms. The molecule has 0 radical (unpaired) electrons. The molecule has 4 rings (SSSR count). The lowest BCUT2D eigenvalue weighted by Crippen LogP contribution is -2.03. The van der Waals surface area contributed by atoms with Crippen LogP contribution in [-0.2, 0) is 6.42 Å². The first kappa shape index (κ1) is 13.5. The molecule has 0 saturated carbocycles. The molecule has 23 heavy (non-hydrogen) atoms. The SMILES string of the molecule is Oc1ccccc1Cc1nc2cccnc2n1-c1cccnc1. The fraction of sp³-hybridized carbons (Fsp3) is 0.0556. The van der Waals surface area contributed by atoms with Crippen molar-refractivity contribution < 1.29 is 5.11 Å². The lowest BCUT2D eigenvalue weighted by Gasteiger charge is -2.09. The molecule has 0 atom stereocenters. The number of benzene rings is 1. The second kappa shape index (κ2) is 5.53. The van der Waals surface area contributed by atoms with Crippen LogP contribution in [0.1, 0.15) is 11.4 Å². The molecule has 5 heteroatoms. The highest BCUT2D eigenvalue weighted by atomic mass is 16.3. The molecule has 3 aromatic heterocycles. The van der Waals surface area contributed by atoms with Gasteiger partial charge in [0.1, 0.15) is 17.1 Å². The lowest BCUT2D eigenvalue weighted by atomic mass is 10.1. The van der Waals surface area contributed by atoms with E-state index < -0.39 is 0 Å². The van der Waals surface area contributed by atoms with Crippen LogP contribution in [0.3, 0.4) is 0 Å². The Hall–Kier alpha value is -3.21. The van der Waals surface area contributed by atoms with E-state index in [0.29, 0.717) is 6.42 Å². The summed E-state index contributed by atoms with van der Waals surface area (Å²) in [5.41, 5.74) is 3.33. The number of pyridine rings is 2. The summed E-state index contributed by atoms with van der Waals surface area (Å²) < 4.78 is 1.98. The van der Waals surface area contributed by atoms with Crippen molar-refractivity contribution in [3.63, 3.8) is 0 Å². The Morgan fingerprint density at radius 2 is 1.83 bits per heavy atom. The molecule has 1 N–H and O–H groups in total. The van der Waals surface area contributed by atoms with E-state index in [4.69, 9.17) is 0 Å². The fourth-order valence-corrected chi connectivity index (χ4v) is 2.67. The maximum atomic E-state index is 10.0. The number of aromatic nitrogens is 4. The van der Waals surface area contributed by atoms with Crippen LogP contribution in [0, 0.1) is 0 Å². The smallest absolute Gasteiger partial charge is 0.164 e. The van der Waals surface area contributed by atoms with Crippen LogP contribution in [0.2, 0.25) is 0 Å². The fourth-order valence-electron chi connectivity index (χ4n) is 2.67. The zero-order chi connectivity index (χ0) is 15.6. The van der Waals surface area contributed by atoms with Gasteiger partial charge in [0.2, 0.25) is 0 Å². The molecule has 3 heterocycles. The van der Waals surface area contributed by atoms with Gasteiger partial charge in [-0.05, 0) is 30.3 Å². The van der Waals surface area contributed by atoms with Gasteiger partial charge in [-0.15, -0.1) is 0 Å². The molecule has 0 unspecified atom stereocenters. The monoisotopic (exact) mass is 302 g/mol. The lowest BCUT2D eigenvalue weighted by molar-refractivity contribution is 0.469. The molecule has 0 amide bonds. The van der Waals surface area contributed by atoms with Gasteiger partial charge in [-0.2, -0.15) is 0 Å². The highest BCUT2D eigenvalue weighted by Gasteiger charge is 2.15. The third kappa shape index (κ3) is 2.42. The van der Waals surface area contributed by atoms with Crippen molar-refractivity contribution in [1.29, 1.82) is 0 Å². The van der Waals surface area contributed by atoms with Crippen LogP contribution < -0.4 is 0 Å². The molecule has 5 nitrogen and oxygen atoms in total. The predicted octanol–water partition coefficient (Wildman–Crippen LogP) is 3.11. The van der Waals surface area contributed by atoms with Gasteiger partial charge in [0, 0.05) is 24.4 Å². The average Bonchev–Trinajstić information content (AvgIpc) is 2.95. The first-order valence-corrected chi connectivity index (χ1v) is 7.32. The van der Waals surface area contributed by atoms with Crippen LogP contribution in [-0.4, -0.2) is 24.6 Å². The van der Waals surface area contributed by atoms with Crippen molar-refractivity contribution in [1.82, 2.24) is 19.5 Å². The zero-order valence-corrected chi connectivity index (χ0v) is 12.3. The van der Waals surface area contributed by atoms with Crippen molar-refractivity contribution in [3.8, 4) is 11.4 Å². The van der Waals surface area contributed by atoms with E-state index >= 15 is 0 Å². The van der Waals surface area contributed by atoms with E-state index in [1.165, 1.54) is 0 Å². The van der Waals surface area contributed by atoms with E-state index in [0.717, 1.165) is 28.2 Å². The Morgan fingerprint density at radius 3 is 2.65 bits per heavy atom. The third-order valence-electron chi connectivity index (χ3n) is 3.73. The van der Waals surface area contributed by atoms with Gasteiger partial charge < -0.3 is 5.11 Å². The van der Waals surface area contributed by atoms with Crippen LogP contribution in [0.4, 0.5) is 0 Å². The Morgan fingerprint density at radius 1 is 0.957 bits per heavy atom. The molecular weight excluding hydrogens is 288 g/mol. The molecule has 0 saturated heterocycles. The van der Waals surface area contributed by atoms with E-state index in [1.54, 1.807) is 24.7 Å². The normalized spacial score (nSPS) is 11.0. The first-order valence-electron chi connectivity index (χ1n) is 7.32. The summed E-state index contributed by atoms with van der Waals surface area (Å²) >= 11 is 0. The number of imidazole rings is 1. The largest absolute Gasteiger partial charge is 0.508 e. The van der Waals surface area contributed by atoms with Gasteiger partial charge in [0.25, 0.3) is 0 Å². The van der Waals surface area contributed by atoms with Gasteiger partial charge >= 0.3 is 0 Å². The van der Waals surface area contributed by atoms with Crippen LogP contribution in [0.15, 0.2) is 67.1 Å². The van der Waals surface area contributed by atoms with Crippen LogP contribution >= 0.6 is 0 Å². The quantitative estimate of drug-likeness (QED) is 0.631. The summed E-state index contributed by atoms with van der Waals surface area (Å²) in [7, 11) is 0. The standard InChI is InChI=1S/C18H14N4O/c23-16-8-2-1-5-13(16)11-17-21-15-7-4-10-20-18(15)22(17)14-6-3-9-19-12-14/h1-10,12,23H,11H2. The van der Waals surface area contributed by atoms with Gasteiger partial charge in [-0.3, -0.25) is 9.55 Å². The minimum Gasteiger partial charge on any atom is -0.508 e. The molecule has 4 aromatic rings. The molecular formula is C18H14N4O. The maximum absolute atomic E-state index is 10.0. The summed E-state index contributed by atoms with van der Waals surface area (Å²) in [6, 6.07) is 15.0. The average molecular weight is 302 g/mol. The second-order valence-electron chi connectivity index (χ2n) is 5.23. The van der Waals surface area contributed by atoms with Crippen LogP contribution in [0.25, 0.3) is 16.9 Å². The minimum atomic E-state index is 0.269. The molecule has 0 aliphatic carbocycles. The molecule has 0 spiro atoms. The third-order valence-corrected chi connectivity index (χ3v) is 3.73. The summed E-state index contributed by atoms with van der Waals surface area (Å²) in [5, 5.41) is 10.0. The Labute approximate surface area is 132 Å².